The summed E-state index contributed by atoms with van der Waals surface area (Å²) in [6, 6.07) is 16.7. The molecule has 0 atom stereocenters. The smallest absolute Gasteiger partial charge is 0.282 e. The van der Waals surface area contributed by atoms with Gasteiger partial charge in [-0.1, -0.05) is 30.3 Å². The minimum Gasteiger partial charge on any atom is -0.489 e. The van der Waals surface area contributed by atoms with Crippen LogP contribution in [0.3, 0.4) is 0 Å². The summed E-state index contributed by atoms with van der Waals surface area (Å²) in [4.78, 5) is 29.1. The van der Waals surface area contributed by atoms with Crippen molar-refractivity contribution in [3.05, 3.63) is 81.7 Å². The lowest BCUT2D eigenvalue weighted by Crippen LogP contribution is -2.33. The van der Waals surface area contributed by atoms with Gasteiger partial charge in [0, 0.05) is 10.6 Å². The van der Waals surface area contributed by atoms with Gasteiger partial charge in [0.25, 0.3) is 11.8 Å². The monoisotopic (exact) mass is 432 g/mol. The molecule has 0 fully saturated rings. The van der Waals surface area contributed by atoms with Crippen LogP contribution in [0.1, 0.15) is 29.9 Å². The maximum absolute atomic E-state index is 13.6. The fraction of sp³-hybridized carbons (Fsp3) is 0.200. The van der Waals surface area contributed by atoms with Crippen molar-refractivity contribution in [2.75, 3.05) is 10.2 Å². The largest absolute Gasteiger partial charge is 0.489 e. The molecule has 0 spiro atoms. The highest BCUT2D eigenvalue weighted by Gasteiger charge is 2.42. The number of imide groups is 1. The molecular formula is C25H24N2O3S. The van der Waals surface area contributed by atoms with Gasteiger partial charge in [0.15, 0.2) is 0 Å². The number of ether oxygens (including phenoxy) is 1. The van der Waals surface area contributed by atoms with Gasteiger partial charge < -0.3 is 10.1 Å². The molecule has 1 N–H and O–H groups in total. The Bertz CT molecular complexity index is 1180. The van der Waals surface area contributed by atoms with Gasteiger partial charge >= 0.3 is 0 Å². The van der Waals surface area contributed by atoms with E-state index in [-0.39, 0.29) is 17.7 Å². The highest BCUT2D eigenvalue weighted by atomic mass is 32.1. The number of hydrogen-bond donors (Lipinski definition) is 1. The number of thiophene rings is 1. The fourth-order valence-corrected chi connectivity index (χ4v) is 4.30. The van der Waals surface area contributed by atoms with Gasteiger partial charge in [0.2, 0.25) is 0 Å². The molecular weight excluding hydrogens is 408 g/mol. The summed E-state index contributed by atoms with van der Waals surface area (Å²) in [6.07, 6.45) is -0.0915. The zero-order chi connectivity index (χ0) is 22.1. The summed E-state index contributed by atoms with van der Waals surface area (Å²) in [5.41, 5.74) is 4.04. The molecule has 1 aliphatic rings. The third-order valence-corrected chi connectivity index (χ3v) is 6.07. The van der Waals surface area contributed by atoms with E-state index in [2.05, 4.69) is 5.32 Å². The predicted octanol–water partition coefficient (Wildman–Crippen LogP) is 5.55. The Morgan fingerprint density at radius 2 is 1.71 bits per heavy atom. The summed E-state index contributed by atoms with van der Waals surface area (Å²) in [6.45, 7) is 7.83. The van der Waals surface area contributed by atoms with E-state index in [4.69, 9.17) is 4.74 Å². The first-order valence-electron chi connectivity index (χ1n) is 10.1. The van der Waals surface area contributed by atoms with Crippen LogP contribution in [-0.2, 0) is 9.59 Å². The van der Waals surface area contributed by atoms with E-state index in [1.807, 2.05) is 69.5 Å². The predicted molar refractivity (Wildman–Crippen MR) is 125 cm³/mol. The first-order valence-corrected chi connectivity index (χ1v) is 11.0. The molecule has 3 aromatic rings. The molecule has 4 rings (SSSR count). The Morgan fingerprint density at radius 3 is 2.42 bits per heavy atom. The summed E-state index contributed by atoms with van der Waals surface area (Å²) in [5, 5.41) is 5.16. The number of aryl methyl sites for hydroxylation is 1. The fourth-order valence-electron chi connectivity index (χ4n) is 3.53. The lowest BCUT2D eigenvalue weighted by Gasteiger charge is -2.20. The molecule has 158 valence electrons. The molecule has 2 amide bonds. The van der Waals surface area contributed by atoms with E-state index in [0.29, 0.717) is 17.0 Å². The summed E-state index contributed by atoms with van der Waals surface area (Å²) in [5.74, 6) is -0.258. The van der Waals surface area contributed by atoms with Crippen LogP contribution in [0, 0.1) is 13.8 Å². The quantitative estimate of drug-likeness (QED) is 0.519. The third-order valence-electron chi connectivity index (χ3n) is 5.18. The Morgan fingerprint density at radius 1 is 0.935 bits per heavy atom. The van der Waals surface area contributed by atoms with Gasteiger partial charge in [0.1, 0.15) is 11.4 Å². The van der Waals surface area contributed by atoms with Crippen molar-refractivity contribution in [3.63, 3.8) is 0 Å². The van der Waals surface area contributed by atoms with Crippen molar-refractivity contribution in [1.82, 2.24) is 0 Å². The van der Waals surface area contributed by atoms with E-state index in [9.17, 15) is 9.59 Å². The van der Waals surface area contributed by atoms with Crippen LogP contribution in [0.2, 0.25) is 0 Å². The molecule has 0 unspecified atom stereocenters. The maximum Gasteiger partial charge on any atom is 0.282 e. The van der Waals surface area contributed by atoms with Crippen molar-refractivity contribution in [1.29, 1.82) is 0 Å². The molecule has 0 radical (unpaired) electrons. The van der Waals surface area contributed by atoms with Crippen LogP contribution in [0.25, 0.3) is 5.57 Å². The van der Waals surface area contributed by atoms with Crippen LogP contribution in [0.5, 0.6) is 5.75 Å². The van der Waals surface area contributed by atoms with Crippen LogP contribution in [-0.4, -0.2) is 17.9 Å². The van der Waals surface area contributed by atoms with Gasteiger partial charge in [-0.3, -0.25) is 9.59 Å². The summed E-state index contributed by atoms with van der Waals surface area (Å²) >= 11 is 1.43. The van der Waals surface area contributed by atoms with Crippen molar-refractivity contribution >= 4 is 40.1 Å². The molecule has 1 aromatic heterocycles. The first kappa shape index (κ1) is 20.9. The van der Waals surface area contributed by atoms with Gasteiger partial charge in [-0.2, -0.15) is 0 Å². The number of benzene rings is 2. The number of nitrogens with one attached hydrogen (secondary N) is 1. The topological polar surface area (TPSA) is 58.6 Å². The molecule has 6 heteroatoms. The number of hydrogen-bond acceptors (Lipinski definition) is 5. The van der Waals surface area contributed by atoms with E-state index < -0.39 is 5.91 Å². The molecule has 0 aliphatic carbocycles. The van der Waals surface area contributed by atoms with E-state index in [1.165, 1.54) is 16.2 Å². The number of rotatable bonds is 6. The second kappa shape index (κ2) is 8.40. The second-order valence-electron chi connectivity index (χ2n) is 7.68. The average Bonchev–Trinajstić information content (AvgIpc) is 3.33. The number of anilines is 2. The molecule has 1 aliphatic heterocycles. The Hall–Kier alpha value is -3.38. The normalized spacial score (nSPS) is 14.0. The number of carbonyl (C=O) groups excluding carboxylic acids is 2. The van der Waals surface area contributed by atoms with Crippen LogP contribution >= 0.6 is 11.3 Å². The molecule has 0 bridgehead atoms. The number of carbonyl (C=O) groups is 2. The molecule has 31 heavy (non-hydrogen) atoms. The highest BCUT2D eigenvalue weighted by molar-refractivity contribution is 7.11. The van der Waals surface area contributed by atoms with Crippen LogP contribution < -0.4 is 15.0 Å². The molecule has 2 aromatic carbocycles. The van der Waals surface area contributed by atoms with E-state index in [1.54, 1.807) is 18.2 Å². The maximum atomic E-state index is 13.6. The highest BCUT2D eigenvalue weighted by Crippen LogP contribution is 2.39. The van der Waals surface area contributed by atoms with Gasteiger partial charge in [-0.05, 0) is 68.5 Å². The van der Waals surface area contributed by atoms with Gasteiger partial charge in [-0.15, -0.1) is 11.3 Å². The minimum atomic E-state index is -0.394. The lowest BCUT2D eigenvalue weighted by atomic mass is 10.1. The van der Waals surface area contributed by atoms with Crippen molar-refractivity contribution in [2.24, 2.45) is 0 Å². The van der Waals surface area contributed by atoms with Crippen LogP contribution in [0.15, 0.2) is 65.7 Å². The second-order valence-corrected chi connectivity index (χ2v) is 8.63. The minimum absolute atomic E-state index is 0.0915. The third kappa shape index (κ3) is 3.86. The Labute approximate surface area is 186 Å². The number of nitrogens with zero attached hydrogens (tertiary/aromatic N) is 1. The Kier molecular flexibility index (Phi) is 5.65. The van der Waals surface area contributed by atoms with Crippen molar-refractivity contribution in [3.8, 4) is 5.75 Å². The average molecular weight is 433 g/mol. The van der Waals surface area contributed by atoms with E-state index in [0.717, 1.165) is 21.7 Å². The van der Waals surface area contributed by atoms with Crippen molar-refractivity contribution < 1.29 is 14.3 Å². The van der Waals surface area contributed by atoms with Gasteiger partial charge in [-0.25, -0.2) is 4.90 Å². The molecule has 5 nitrogen and oxygen atoms in total. The number of amides is 2. The molecule has 2 heterocycles. The summed E-state index contributed by atoms with van der Waals surface area (Å²) in [7, 11) is 0. The molecule has 0 saturated carbocycles. The van der Waals surface area contributed by atoms with E-state index >= 15 is 0 Å². The van der Waals surface area contributed by atoms with Gasteiger partial charge in [0.05, 0.1) is 17.4 Å². The zero-order valence-electron chi connectivity index (χ0n) is 17.9. The molecule has 0 saturated heterocycles. The summed E-state index contributed by atoms with van der Waals surface area (Å²) < 4.78 is 5.89. The number of para-hydroxylation sites is 2. The zero-order valence-corrected chi connectivity index (χ0v) is 18.7. The standard InChI is InChI=1S/C25H24N2O3S/c1-15(2)30-20-12-6-5-11-19(20)27-24(28)22(21-13-8-14-31-21)23(25(27)29)26-18-10-7-9-16(3)17(18)4/h5-15,26H,1-4H3. The first-order chi connectivity index (χ1) is 14.9. The van der Waals surface area contributed by atoms with Crippen molar-refractivity contribution in [2.45, 2.75) is 33.8 Å². The lowest BCUT2D eigenvalue weighted by molar-refractivity contribution is -0.120. The Balaban J connectivity index is 1.82. The SMILES string of the molecule is Cc1cccc(NC2=C(c3cccs3)C(=O)N(c3ccccc3OC(C)C)C2=O)c1C. The van der Waals surface area contributed by atoms with Crippen LogP contribution in [0.4, 0.5) is 11.4 Å².